The first-order valence-electron chi connectivity index (χ1n) is 10.3. The minimum Gasteiger partial charge on any atom is -0.495 e. The van der Waals surface area contributed by atoms with E-state index < -0.39 is 6.09 Å². The summed E-state index contributed by atoms with van der Waals surface area (Å²) >= 11 is 6.10. The number of hydrogen-bond donors (Lipinski definition) is 1. The van der Waals surface area contributed by atoms with Gasteiger partial charge in [0.25, 0.3) is 0 Å². The van der Waals surface area contributed by atoms with E-state index >= 15 is 0 Å². The maximum absolute atomic E-state index is 12.5. The Kier molecular flexibility index (Phi) is 8.27. The van der Waals surface area contributed by atoms with Crippen LogP contribution in [0.3, 0.4) is 0 Å². The zero-order chi connectivity index (χ0) is 24.7. The number of anilines is 1. The van der Waals surface area contributed by atoms with E-state index in [9.17, 15) is 4.79 Å². The molecule has 0 saturated carbocycles. The number of carbonyl (C=O) groups excluding carboxylic acids is 1. The second-order valence-electron chi connectivity index (χ2n) is 7.13. The Bertz CT molecular complexity index is 1180. The lowest BCUT2D eigenvalue weighted by atomic mass is 10.1. The van der Waals surface area contributed by atoms with Crippen molar-refractivity contribution >= 4 is 35.5 Å². The number of halogens is 1. The van der Waals surface area contributed by atoms with Gasteiger partial charge in [-0.15, -0.1) is 0 Å². The number of ether oxygens (including phenoxy) is 5. The lowest BCUT2D eigenvalue weighted by Crippen LogP contribution is -2.17. The summed E-state index contributed by atoms with van der Waals surface area (Å²) in [5, 5.41) is 3.24. The summed E-state index contributed by atoms with van der Waals surface area (Å²) in [5.41, 5.74) is 2.80. The summed E-state index contributed by atoms with van der Waals surface area (Å²) in [7, 11) is 6.21. The average molecular weight is 484 g/mol. The van der Waals surface area contributed by atoms with E-state index in [1.807, 2.05) is 30.4 Å². The number of hydrogen-bond acceptors (Lipinski definition) is 6. The van der Waals surface area contributed by atoms with Gasteiger partial charge in [-0.2, -0.15) is 0 Å². The molecule has 0 spiro atoms. The highest BCUT2D eigenvalue weighted by Gasteiger charge is 2.14. The lowest BCUT2D eigenvalue weighted by Gasteiger charge is -2.13. The van der Waals surface area contributed by atoms with Crippen LogP contribution in [0.5, 0.6) is 28.7 Å². The predicted molar refractivity (Wildman–Crippen MR) is 134 cm³/mol. The third-order valence-corrected chi connectivity index (χ3v) is 5.45. The molecular weight excluding hydrogens is 458 g/mol. The number of benzene rings is 3. The van der Waals surface area contributed by atoms with Crippen molar-refractivity contribution < 1.29 is 28.5 Å². The Morgan fingerprint density at radius 3 is 2.06 bits per heavy atom. The highest BCUT2D eigenvalue weighted by Crippen LogP contribution is 2.38. The van der Waals surface area contributed by atoms with Crippen LogP contribution < -0.4 is 29.0 Å². The van der Waals surface area contributed by atoms with Gasteiger partial charge in [0.1, 0.15) is 11.5 Å². The summed E-state index contributed by atoms with van der Waals surface area (Å²) < 4.78 is 27.0. The number of methoxy groups -OCH3 is 4. The molecule has 1 N–H and O–H groups in total. The summed E-state index contributed by atoms with van der Waals surface area (Å²) in [6.45, 7) is 1.78. The fourth-order valence-electron chi connectivity index (χ4n) is 3.25. The summed E-state index contributed by atoms with van der Waals surface area (Å²) in [6.07, 6.45) is 3.12. The first-order valence-corrected chi connectivity index (χ1v) is 10.7. The van der Waals surface area contributed by atoms with Gasteiger partial charge >= 0.3 is 6.09 Å². The molecule has 3 aromatic rings. The molecule has 1 amide bonds. The van der Waals surface area contributed by atoms with Gasteiger partial charge in [0.05, 0.1) is 34.1 Å². The highest BCUT2D eigenvalue weighted by atomic mass is 35.5. The third kappa shape index (κ3) is 5.74. The molecule has 0 atom stereocenters. The Balaban J connectivity index is 1.83. The van der Waals surface area contributed by atoms with Gasteiger partial charge < -0.3 is 23.7 Å². The summed E-state index contributed by atoms with van der Waals surface area (Å²) in [5.74, 6) is 2.49. The SMILES string of the molecule is COc1ccc(/C=C\c2cc(OC)c(OC)c(OC)c2)cc1NC(=O)Oc1cccc(Cl)c1C. The van der Waals surface area contributed by atoms with Crippen LogP contribution in [0.2, 0.25) is 5.02 Å². The maximum Gasteiger partial charge on any atom is 0.417 e. The van der Waals surface area contributed by atoms with Gasteiger partial charge in [-0.25, -0.2) is 4.79 Å². The van der Waals surface area contributed by atoms with E-state index in [0.717, 1.165) is 11.1 Å². The summed E-state index contributed by atoms with van der Waals surface area (Å²) in [4.78, 5) is 12.5. The molecule has 0 fully saturated rings. The monoisotopic (exact) mass is 483 g/mol. The lowest BCUT2D eigenvalue weighted by molar-refractivity contribution is 0.214. The molecule has 0 aromatic heterocycles. The van der Waals surface area contributed by atoms with Crippen molar-refractivity contribution in [3.63, 3.8) is 0 Å². The number of carbonyl (C=O) groups is 1. The smallest absolute Gasteiger partial charge is 0.417 e. The van der Waals surface area contributed by atoms with Crippen LogP contribution >= 0.6 is 11.6 Å². The zero-order valence-electron chi connectivity index (χ0n) is 19.6. The van der Waals surface area contributed by atoms with E-state index in [1.54, 1.807) is 58.6 Å². The molecular formula is C26H26ClNO6. The van der Waals surface area contributed by atoms with E-state index in [-0.39, 0.29) is 0 Å². The quantitative estimate of drug-likeness (QED) is 0.370. The van der Waals surface area contributed by atoms with E-state index in [1.165, 1.54) is 7.11 Å². The molecule has 0 heterocycles. The normalized spacial score (nSPS) is 10.6. The van der Waals surface area contributed by atoms with Crippen LogP contribution in [0.25, 0.3) is 12.2 Å². The van der Waals surface area contributed by atoms with Crippen LogP contribution in [0.15, 0.2) is 48.5 Å². The van der Waals surface area contributed by atoms with Crippen LogP contribution in [-0.2, 0) is 0 Å². The second-order valence-corrected chi connectivity index (χ2v) is 7.54. The first-order chi connectivity index (χ1) is 16.4. The Hall–Kier alpha value is -3.84. The molecule has 0 saturated heterocycles. The molecule has 7 nitrogen and oxygen atoms in total. The van der Waals surface area contributed by atoms with Crippen molar-refractivity contribution in [2.75, 3.05) is 33.8 Å². The fourth-order valence-corrected chi connectivity index (χ4v) is 3.42. The molecule has 3 rings (SSSR count). The Labute approximate surface area is 203 Å². The second kappa shape index (κ2) is 11.3. The third-order valence-electron chi connectivity index (χ3n) is 5.04. The standard InChI is InChI=1S/C26H26ClNO6/c1-16-19(27)7-6-8-21(16)34-26(29)28-20-13-17(11-12-22(20)30-2)9-10-18-14-23(31-3)25(33-5)24(15-18)32-4/h6-15H,1-5H3,(H,28,29)/b10-9-. The van der Waals surface area contributed by atoms with Crippen molar-refractivity contribution in [3.05, 3.63) is 70.2 Å². The molecule has 34 heavy (non-hydrogen) atoms. The number of rotatable bonds is 8. The van der Waals surface area contributed by atoms with Crippen molar-refractivity contribution in [1.29, 1.82) is 0 Å². The van der Waals surface area contributed by atoms with Gasteiger partial charge in [-0.3, -0.25) is 5.32 Å². The first kappa shape index (κ1) is 24.8. The van der Waals surface area contributed by atoms with Crippen LogP contribution in [-0.4, -0.2) is 34.5 Å². The van der Waals surface area contributed by atoms with Gasteiger partial charge in [0, 0.05) is 10.6 Å². The molecule has 0 bridgehead atoms. The van der Waals surface area contributed by atoms with Crippen molar-refractivity contribution in [2.24, 2.45) is 0 Å². The largest absolute Gasteiger partial charge is 0.495 e. The highest BCUT2D eigenvalue weighted by molar-refractivity contribution is 6.31. The van der Waals surface area contributed by atoms with E-state index in [0.29, 0.717) is 45.0 Å². The van der Waals surface area contributed by atoms with Crippen LogP contribution in [0.1, 0.15) is 16.7 Å². The van der Waals surface area contributed by atoms with Crippen LogP contribution in [0.4, 0.5) is 10.5 Å². The maximum atomic E-state index is 12.5. The topological polar surface area (TPSA) is 75.3 Å². The minimum absolute atomic E-state index is 0.377. The zero-order valence-corrected chi connectivity index (χ0v) is 20.4. The van der Waals surface area contributed by atoms with Gasteiger partial charge in [-0.1, -0.05) is 35.9 Å². The van der Waals surface area contributed by atoms with Crippen molar-refractivity contribution in [3.8, 4) is 28.7 Å². The predicted octanol–water partition coefficient (Wildman–Crippen LogP) is 6.46. The van der Waals surface area contributed by atoms with Crippen molar-refractivity contribution in [1.82, 2.24) is 0 Å². The number of nitrogens with one attached hydrogen (secondary N) is 1. The molecule has 0 unspecified atom stereocenters. The molecule has 3 aromatic carbocycles. The molecule has 0 radical (unpaired) electrons. The Morgan fingerprint density at radius 1 is 0.794 bits per heavy atom. The van der Waals surface area contributed by atoms with Crippen molar-refractivity contribution in [2.45, 2.75) is 6.92 Å². The summed E-state index contributed by atoms with van der Waals surface area (Å²) in [6, 6.07) is 14.2. The minimum atomic E-state index is -0.658. The molecule has 0 aliphatic carbocycles. The van der Waals surface area contributed by atoms with Gasteiger partial charge in [0.2, 0.25) is 5.75 Å². The van der Waals surface area contributed by atoms with E-state index in [4.69, 9.17) is 35.3 Å². The fraction of sp³-hybridized carbons (Fsp3) is 0.192. The number of amides is 1. The van der Waals surface area contributed by atoms with E-state index in [2.05, 4.69) is 5.32 Å². The average Bonchev–Trinajstić information content (AvgIpc) is 2.84. The molecule has 0 aliphatic rings. The molecule has 178 valence electrons. The molecule has 8 heteroatoms. The Morgan fingerprint density at radius 2 is 1.44 bits per heavy atom. The van der Waals surface area contributed by atoms with Crippen LogP contribution in [0, 0.1) is 6.92 Å². The van der Waals surface area contributed by atoms with Gasteiger partial charge in [0.15, 0.2) is 11.5 Å². The van der Waals surface area contributed by atoms with Gasteiger partial charge in [-0.05, 0) is 54.4 Å². The molecule has 0 aliphatic heterocycles.